The van der Waals surface area contributed by atoms with Gasteiger partial charge in [0, 0.05) is 18.2 Å². The summed E-state index contributed by atoms with van der Waals surface area (Å²) in [6.45, 7) is -0.418. The molecule has 1 N–H and O–H groups in total. The van der Waals surface area contributed by atoms with Crippen LogP contribution in [-0.2, 0) is 9.59 Å². The molecular weight excluding hydrogens is 409 g/mol. The van der Waals surface area contributed by atoms with Crippen molar-refractivity contribution in [1.82, 2.24) is 4.90 Å². The van der Waals surface area contributed by atoms with Crippen LogP contribution in [0.15, 0.2) is 60.7 Å². The quantitative estimate of drug-likeness (QED) is 0.628. The number of carbonyl (C=O) groups is 2. The molecule has 31 heavy (non-hydrogen) atoms. The first-order chi connectivity index (χ1) is 14.9. The predicted octanol–water partition coefficient (Wildman–Crippen LogP) is 4.44. The van der Waals surface area contributed by atoms with Crippen LogP contribution in [0.1, 0.15) is 17.0 Å². The molecule has 0 saturated heterocycles. The molecule has 5 nitrogen and oxygen atoms in total. The number of benzene rings is 3. The molecule has 2 amide bonds. The van der Waals surface area contributed by atoms with Crippen LogP contribution >= 0.6 is 0 Å². The first kappa shape index (κ1) is 20.5. The molecule has 8 heteroatoms. The summed E-state index contributed by atoms with van der Waals surface area (Å²) in [4.78, 5) is 26.8. The minimum atomic E-state index is -1.68. The van der Waals surface area contributed by atoms with Crippen LogP contribution in [0, 0.1) is 17.5 Å². The van der Waals surface area contributed by atoms with E-state index in [2.05, 4.69) is 5.32 Å². The van der Waals surface area contributed by atoms with Crippen molar-refractivity contribution in [1.29, 1.82) is 0 Å². The summed E-state index contributed by atoms with van der Waals surface area (Å²) in [5.74, 6) is -5.29. The monoisotopic (exact) mass is 426 g/mol. The highest BCUT2D eigenvalue weighted by Gasteiger charge is 2.34. The Morgan fingerprint density at radius 3 is 2.10 bits per heavy atom. The van der Waals surface area contributed by atoms with Crippen molar-refractivity contribution in [2.24, 2.45) is 0 Å². The normalized spacial score (nSPS) is 12.4. The smallest absolute Gasteiger partial charge is 0.244 e. The molecule has 4 rings (SSSR count). The minimum absolute atomic E-state index is 0.371. The van der Waals surface area contributed by atoms with Crippen LogP contribution < -0.4 is 10.1 Å². The number of hydrogen-bond donors (Lipinski definition) is 1. The van der Waals surface area contributed by atoms with Crippen molar-refractivity contribution in [2.45, 2.75) is 5.92 Å². The van der Waals surface area contributed by atoms with Gasteiger partial charge in [0.25, 0.3) is 0 Å². The van der Waals surface area contributed by atoms with Gasteiger partial charge < -0.3 is 15.0 Å². The Morgan fingerprint density at radius 2 is 1.48 bits per heavy atom. The number of carbonyl (C=O) groups excluding carboxylic acids is 2. The Bertz CT molecular complexity index is 1140. The van der Waals surface area contributed by atoms with E-state index in [1.165, 1.54) is 11.9 Å². The van der Waals surface area contributed by atoms with Gasteiger partial charge in [-0.1, -0.05) is 36.4 Å². The van der Waals surface area contributed by atoms with Gasteiger partial charge in [-0.2, -0.15) is 0 Å². The Balaban J connectivity index is 1.55. The molecule has 3 aromatic rings. The Labute approximate surface area is 176 Å². The minimum Gasteiger partial charge on any atom is -0.457 e. The van der Waals surface area contributed by atoms with Crippen LogP contribution in [-0.4, -0.2) is 30.3 Å². The number of para-hydroxylation sites is 2. The highest BCUT2D eigenvalue weighted by atomic mass is 19.2. The summed E-state index contributed by atoms with van der Waals surface area (Å²) < 4.78 is 46.1. The zero-order valence-electron chi connectivity index (χ0n) is 16.4. The van der Waals surface area contributed by atoms with E-state index in [1.54, 1.807) is 48.5 Å². The lowest BCUT2D eigenvalue weighted by molar-refractivity contribution is -0.134. The third-order valence-electron chi connectivity index (χ3n) is 4.99. The third kappa shape index (κ3) is 3.84. The van der Waals surface area contributed by atoms with Gasteiger partial charge in [0.1, 0.15) is 11.5 Å². The van der Waals surface area contributed by atoms with Crippen molar-refractivity contribution in [3.05, 3.63) is 89.2 Å². The molecule has 0 bridgehead atoms. The van der Waals surface area contributed by atoms with Gasteiger partial charge in [0.2, 0.25) is 11.8 Å². The topological polar surface area (TPSA) is 58.6 Å². The number of nitrogens with zero attached hydrogens (tertiary/aromatic N) is 1. The number of ether oxygens (including phenoxy) is 1. The highest BCUT2D eigenvalue weighted by Crippen LogP contribution is 2.44. The number of likely N-dealkylation sites (N-methyl/N-ethyl adjacent to an activating group) is 1. The Morgan fingerprint density at radius 1 is 0.903 bits per heavy atom. The highest BCUT2D eigenvalue weighted by molar-refractivity contribution is 5.97. The number of hydrogen-bond acceptors (Lipinski definition) is 3. The average molecular weight is 426 g/mol. The first-order valence-corrected chi connectivity index (χ1v) is 9.41. The molecule has 0 aliphatic carbocycles. The van der Waals surface area contributed by atoms with E-state index in [0.717, 1.165) is 6.07 Å². The van der Waals surface area contributed by atoms with E-state index in [1.807, 2.05) is 0 Å². The molecule has 1 aliphatic heterocycles. The fourth-order valence-corrected chi connectivity index (χ4v) is 3.50. The van der Waals surface area contributed by atoms with E-state index < -0.39 is 41.5 Å². The maximum absolute atomic E-state index is 13.8. The average Bonchev–Trinajstić information content (AvgIpc) is 2.77. The van der Waals surface area contributed by atoms with Crippen LogP contribution in [0.4, 0.5) is 18.9 Å². The first-order valence-electron chi connectivity index (χ1n) is 9.41. The van der Waals surface area contributed by atoms with E-state index in [-0.39, 0.29) is 5.91 Å². The van der Waals surface area contributed by atoms with Crippen LogP contribution in [0.3, 0.4) is 0 Å². The van der Waals surface area contributed by atoms with Crippen molar-refractivity contribution < 1.29 is 27.5 Å². The predicted molar refractivity (Wildman–Crippen MR) is 107 cm³/mol. The Kier molecular flexibility index (Phi) is 5.37. The molecule has 3 aromatic carbocycles. The molecular formula is C23H17F3N2O3. The summed E-state index contributed by atoms with van der Waals surface area (Å²) in [6, 6.07) is 15.8. The molecule has 0 fully saturated rings. The number of anilines is 1. The molecule has 0 radical (unpaired) electrons. The second-order valence-electron chi connectivity index (χ2n) is 7.08. The van der Waals surface area contributed by atoms with E-state index in [9.17, 15) is 22.8 Å². The lowest BCUT2D eigenvalue weighted by Crippen LogP contribution is -2.39. The lowest BCUT2D eigenvalue weighted by Gasteiger charge is -2.30. The van der Waals surface area contributed by atoms with Gasteiger partial charge in [-0.15, -0.1) is 0 Å². The van der Waals surface area contributed by atoms with Gasteiger partial charge in [-0.05, 0) is 24.3 Å². The van der Waals surface area contributed by atoms with Gasteiger partial charge in [0.15, 0.2) is 17.5 Å². The van der Waals surface area contributed by atoms with Gasteiger partial charge >= 0.3 is 0 Å². The van der Waals surface area contributed by atoms with Crippen LogP contribution in [0.5, 0.6) is 11.5 Å². The summed E-state index contributed by atoms with van der Waals surface area (Å²) in [5.41, 5.74) is 0.807. The molecule has 1 aliphatic rings. The van der Waals surface area contributed by atoms with Crippen LogP contribution in [0.25, 0.3) is 0 Å². The number of amides is 2. The second kappa shape index (κ2) is 8.14. The van der Waals surface area contributed by atoms with E-state index in [4.69, 9.17) is 4.74 Å². The van der Waals surface area contributed by atoms with E-state index in [0.29, 0.717) is 28.7 Å². The second-order valence-corrected chi connectivity index (χ2v) is 7.08. The van der Waals surface area contributed by atoms with Crippen molar-refractivity contribution >= 4 is 17.5 Å². The summed E-state index contributed by atoms with van der Waals surface area (Å²) in [5, 5.41) is 2.17. The fourth-order valence-electron chi connectivity index (χ4n) is 3.50. The number of nitrogens with one attached hydrogen (secondary N) is 1. The number of rotatable bonds is 4. The zero-order valence-corrected chi connectivity index (χ0v) is 16.4. The summed E-state index contributed by atoms with van der Waals surface area (Å²) in [7, 11) is 1.43. The van der Waals surface area contributed by atoms with Crippen molar-refractivity contribution in [3.8, 4) is 11.5 Å². The standard InChI is InChI=1S/C23H17F3N2O3/c1-28(12-19(29)27-16-11-10-15(24)21(25)22(16)26)23(30)20-13-6-2-4-8-17(13)31-18-9-5-3-7-14(18)20/h2-11,20H,12H2,1H3,(H,27,29). The Hall–Kier alpha value is -3.81. The lowest BCUT2D eigenvalue weighted by atomic mass is 9.87. The molecule has 158 valence electrons. The molecule has 1 heterocycles. The fraction of sp³-hybridized carbons (Fsp3) is 0.130. The molecule has 0 unspecified atom stereocenters. The van der Waals surface area contributed by atoms with Crippen molar-refractivity contribution in [3.63, 3.8) is 0 Å². The molecule has 0 saturated carbocycles. The van der Waals surface area contributed by atoms with Gasteiger partial charge in [0.05, 0.1) is 18.2 Å². The SMILES string of the molecule is CN(CC(=O)Nc1ccc(F)c(F)c1F)C(=O)C1c2ccccc2Oc2ccccc21. The maximum atomic E-state index is 13.8. The van der Waals surface area contributed by atoms with Crippen LogP contribution in [0.2, 0.25) is 0 Å². The summed E-state index contributed by atoms with van der Waals surface area (Å²) in [6.07, 6.45) is 0. The third-order valence-corrected chi connectivity index (χ3v) is 4.99. The zero-order chi connectivity index (χ0) is 22.1. The van der Waals surface area contributed by atoms with E-state index >= 15 is 0 Å². The van der Waals surface area contributed by atoms with Gasteiger partial charge in [-0.25, -0.2) is 13.2 Å². The largest absolute Gasteiger partial charge is 0.457 e. The number of halogens is 3. The molecule has 0 aromatic heterocycles. The summed E-state index contributed by atoms with van der Waals surface area (Å²) >= 11 is 0. The maximum Gasteiger partial charge on any atom is 0.244 e. The number of fused-ring (bicyclic) bond motifs is 2. The van der Waals surface area contributed by atoms with Crippen molar-refractivity contribution in [2.75, 3.05) is 18.9 Å². The molecule has 0 spiro atoms. The molecule has 0 atom stereocenters. The van der Waals surface area contributed by atoms with Gasteiger partial charge in [-0.3, -0.25) is 9.59 Å².